The molecule has 0 radical (unpaired) electrons. The second kappa shape index (κ2) is 6.46. The van der Waals surface area contributed by atoms with Gasteiger partial charge in [-0.1, -0.05) is 54.6 Å². The molecule has 5 heteroatoms. The standard InChI is InChI=1S/C25H17NO4/c26-23-19(24(27)28)11-13(12-20(23)25(29)30)10-17-7-6-16-5-4-14-2-1-3-15-8-9-18(17)22(16)21(14)15/h1-9,11-12H,10,26H2,(H,27,28)(H,29,30). The molecule has 0 aliphatic rings. The number of nitrogens with two attached hydrogens (primary N) is 1. The predicted octanol–water partition coefficient (Wildman–Crippen LogP) is 5.15. The van der Waals surface area contributed by atoms with Crippen molar-refractivity contribution in [3.8, 4) is 0 Å². The fourth-order valence-corrected chi connectivity index (χ4v) is 4.34. The average molecular weight is 395 g/mol. The normalized spacial score (nSPS) is 11.5. The molecule has 0 saturated heterocycles. The molecule has 0 fully saturated rings. The van der Waals surface area contributed by atoms with E-state index in [-0.39, 0.29) is 16.8 Å². The van der Waals surface area contributed by atoms with Crippen LogP contribution in [-0.2, 0) is 6.42 Å². The number of aromatic carboxylic acids is 2. The predicted molar refractivity (Wildman–Crippen MR) is 118 cm³/mol. The largest absolute Gasteiger partial charge is 0.478 e. The molecule has 0 aromatic heterocycles. The van der Waals surface area contributed by atoms with Gasteiger partial charge in [-0.05, 0) is 62.0 Å². The van der Waals surface area contributed by atoms with E-state index in [1.807, 2.05) is 12.1 Å². The van der Waals surface area contributed by atoms with Gasteiger partial charge >= 0.3 is 11.9 Å². The number of carboxylic acids is 2. The SMILES string of the molecule is Nc1c(C(=O)O)cc(Cc2ccc3ccc4cccc5ccc2c3c45)cc1C(=O)O. The summed E-state index contributed by atoms with van der Waals surface area (Å²) in [5.41, 5.74) is 6.75. The Balaban J connectivity index is 1.73. The summed E-state index contributed by atoms with van der Waals surface area (Å²) in [5.74, 6) is -2.49. The molecule has 5 aromatic carbocycles. The maximum Gasteiger partial charge on any atom is 0.337 e. The summed E-state index contributed by atoms with van der Waals surface area (Å²) in [5, 5.41) is 25.8. The number of nitrogen functional groups attached to an aromatic ring is 1. The highest BCUT2D eigenvalue weighted by Crippen LogP contribution is 2.36. The number of benzene rings is 5. The maximum absolute atomic E-state index is 11.6. The van der Waals surface area contributed by atoms with Gasteiger partial charge in [-0.25, -0.2) is 9.59 Å². The zero-order valence-corrected chi connectivity index (χ0v) is 15.8. The Labute approximate surface area is 171 Å². The topological polar surface area (TPSA) is 101 Å². The summed E-state index contributed by atoms with van der Waals surface area (Å²) in [6.07, 6.45) is 0.398. The minimum absolute atomic E-state index is 0.192. The van der Waals surface area contributed by atoms with E-state index >= 15 is 0 Å². The molecule has 0 bridgehead atoms. The van der Waals surface area contributed by atoms with Gasteiger partial charge in [-0.15, -0.1) is 0 Å². The Morgan fingerprint density at radius 1 is 0.733 bits per heavy atom. The van der Waals surface area contributed by atoms with Crippen LogP contribution in [0.25, 0.3) is 32.3 Å². The summed E-state index contributed by atoms with van der Waals surface area (Å²) in [6.45, 7) is 0. The lowest BCUT2D eigenvalue weighted by Crippen LogP contribution is -2.11. The average Bonchev–Trinajstić information content (AvgIpc) is 2.73. The third-order valence-corrected chi connectivity index (χ3v) is 5.71. The summed E-state index contributed by atoms with van der Waals surface area (Å²) in [7, 11) is 0. The Morgan fingerprint density at radius 2 is 1.27 bits per heavy atom. The van der Waals surface area contributed by atoms with E-state index in [2.05, 4.69) is 42.5 Å². The van der Waals surface area contributed by atoms with Crippen molar-refractivity contribution in [1.29, 1.82) is 0 Å². The smallest absolute Gasteiger partial charge is 0.337 e. The highest BCUT2D eigenvalue weighted by molar-refractivity contribution is 6.23. The molecule has 0 spiro atoms. The molecule has 0 heterocycles. The lowest BCUT2D eigenvalue weighted by atomic mass is 9.89. The Kier molecular flexibility index (Phi) is 3.86. The van der Waals surface area contributed by atoms with Crippen LogP contribution in [0.3, 0.4) is 0 Å². The molecule has 0 unspecified atom stereocenters. The van der Waals surface area contributed by atoms with Gasteiger partial charge in [0.05, 0.1) is 16.8 Å². The molecule has 0 atom stereocenters. The molecule has 5 aromatic rings. The number of carbonyl (C=O) groups is 2. The Morgan fingerprint density at radius 3 is 1.87 bits per heavy atom. The quantitative estimate of drug-likeness (QED) is 0.288. The van der Waals surface area contributed by atoms with Gasteiger partial charge in [-0.2, -0.15) is 0 Å². The molecule has 0 aliphatic carbocycles. The fraction of sp³-hybridized carbons (Fsp3) is 0.0400. The maximum atomic E-state index is 11.6. The van der Waals surface area contributed by atoms with Crippen molar-refractivity contribution in [3.63, 3.8) is 0 Å². The summed E-state index contributed by atoms with van der Waals surface area (Å²) in [4.78, 5) is 23.1. The second-order valence-electron chi connectivity index (χ2n) is 7.47. The van der Waals surface area contributed by atoms with E-state index in [9.17, 15) is 19.8 Å². The molecule has 5 nitrogen and oxygen atoms in total. The lowest BCUT2D eigenvalue weighted by Gasteiger charge is -2.15. The number of rotatable bonds is 4. The van der Waals surface area contributed by atoms with Crippen LogP contribution in [0.15, 0.2) is 66.7 Å². The van der Waals surface area contributed by atoms with Crippen LogP contribution in [0.5, 0.6) is 0 Å². The summed E-state index contributed by atoms with van der Waals surface area (Å²) >= 11 is 0. The van der Waals surface area contributed by atoms with Crippen LogP contribution in [0.2, 0.25) is 0 Å². The van der Waals surface area contributed by atoms with E-state index < -0.39 is 11.9 Å². The van der Waals surface area contributed by atoms with E-state index in [4.69, 9.17) is 5.73 Å². The third-order valence-electron chi connectivity index (χ3n) is 5.71. The first-order valence-electron chi connectivity index (χ1n) is 9.48. The van der Waals surface area contributed by atoms with Crippen molar-refractivity contribution in [2.24, 2.45) is 0 Å². The first-order valence-corrected chi connectivity index (χ1v) is 9.48. The molecule has 4 N–H and O–H groups in total. The van der Waals surface area contributed by atoms with E-state index in [0.29, 0.717) is 12.0 Å². The van der Waals surface area contributed by atoms with Crippen LogP contribution in [0.4, 0.5) is 5.69 Å². The van der Waals surface area contributed by atoms with Gasteiger partial charge in [0, 0.05) is 0 Å². The van der Waals surface area contributed by atoms with Crippen LogP contribution in [0.1, 0.15) is 31.8 Å². The van der Waals surface area contributed by atoms with Crippen molar-refractivity contribution in [3.05, 3.63) is 89.0 Å². The van der Waals surface area contributed by atoms with Gasteiger partial charge in [0.15, 0.2) is 0 Å². The number of carboxylic acid groups (broad SMARTS) is 2. The molecular weight excluding hydrogens is 378 g/mol. The van der Waals surface area contributed by atoms with Gasteiger partial charge in [0.2, 0.25) is 0 Å². The number of hydrogen-bond acceptors (Lipinski definition) is 3. The third kappa shape index (κ3) is 2.63. The zero-order chi connectivity index (χ0) is 21.0. The van der Waals surface area contributed by atoms with E-state index in [0.717, 1.165) is 32.5 Å². The van der Waals surface area contributed by atoms with Crippen molar-refractivity contribution in [2.45, 2.75) is 6.42 Å². The fourth-order valence-electron chi connectivity index (χ4n) is 4.34. The van der Waals surface area contributed by atoms with Crippen LogP contribution < -0.4 is 5.73 Å². The lowest BCUT2D eigenvalue weighted by molar-refractivity contribution is 0.0696. The van der Waals surface area contributed by atoms with Crippen LogP contribution in [0, 0.1) is 0 Å². The van der Waals surface area contributed by atoms with Crippen LogP contribution in [-0.4, -0.2) is 22.2 Å². The number of anilines is 1. The summed E-state index contributed by atoms with van der Waals surface area (Å²) in [6, 6.07) is 21.6. The molecule has 0 saturated carbocycles. The molecule has 0 amide bonds. The monoisotopic (exact) mass is 395 g/mol. The minimum Gasteiger partial charge on any atom is -0.478 e. The van der Waals surface area contributed by atoms with Gasteiger partial charge in [-0.3, -0.25) is 0 Å². The van der Waals surface area contributed by atoms with Crippen molar-refractivity contribution >= 4 is 49.9 Å². The summed E-state index contributed by atoms with van der Waals surface area (Å²) < 4.78 is 0. The molecular formula is C25H17NO4. The molecule has 146 valence electrons. The van der Waals surface area contributed by atoms with Crippen molar-refractivity contribution < 1.29 is 19.8 Å². The van der Waals surface area contributed by atoms with Gasteiger partial charge in [0.1, 0.15) is 0 Å². The first-order chi connectivity index (χ1) is 14.4. The van der Waals surface area contributed by atoms with E-state index in [1.165, 1.54) is 17.5 Å². The highest BCUT2D eigenvalue weighted by atomic mass is 16.4. The molecule has 30 heavy (non-hydrogen) atoms. The van der Waals surface area contributed by atoms with Gasteiger partial charge < -0.3 is 15.9 Å². The minimum atomic E-state index is -1.24. The molecule has 5 rings (SSSR count). The van der Waals surface area contributed by atoms with Crippen LogP contribution >= 0.6 is 0 Å². The van der Waals surface area contributed by atoms with Crippen molar-refractivity contribution in [2.75, 3.05) is 5.73 Å². The second-order valence-corrected chi connectivity index (χ2v) is 7.47. The van der Waals surface area contributed by atoms with Crippen molar-refractivity contribution in [1.82, 2.24) is 0 Å². The van der Waals surface area contributed by atoms with E-state index in [1.54, 1.807) is 0 Å². The Bertz CT molecular complexity index is 1430. The first kappa shape index (κ1) is 17.9. The van der Waals surface area contributed by atoms with Gasteiger partial charge in [0.25, 0.3) is 0 Å². The highest BCUT2D eigenvalue weighted by Gasteiger charge is 2.19. The Hall–Kier alpha value is -4.12. The number of hydrogen-bond donors (Lipinski definition) is 3. The zero-order valence-electron chi connectivity index (χ0n) is 15.8. The molecule has 0 aliphatic heterocycles.